The summed E-state index contributed by atoms with van der Waals surface area (Å²) in [6.07, 6.45) is 2.90. The summed E-state index contributed by atoms with van der Waals surface area (Å²) in [5.41, 5.74) is 0.584. The number of hydrogen-bond acceptors (Lipinski definition) is 7. The predicted octanol–water partition coefficient (Wildman–Crippen LogP) is 2.83. The molecule has 1 atom stereocenters. The Morgan fingerprint density at radius 1 is 1.31 bits per heavy atom. The molecule has 1 aliphatic heterocycles. The van der Waals surface area contributed by atoms with E-state index >= 15 is 0 Å². The van der Waals surface area contributed by atoms with Crippen LogP contribution in [0.15, 0.2) is 42.9 Å². The van der Waals surface area contributed by atoms with Gasteiger partial charge < -0.3 is 15.0 Å². The summed E-state index contributed by atoms with van der Waals surface area (Å²) in [5, 5.41) is 2.87. The van der Waals surface area contributed by atoms with Crippen LogP contribution in [0.4, 0.5) is 23.8 Å². The predicted molar refractivity (Wildman–Crippen MR) is 109 cm³/mol. The third kappa shape index (κ3) is 9.06. The van der Waals surface area contributed by atoms with Gasteiger partial charge in [-0.1, -0.05) is 12.1 Å². The number of amides is 1. The van der Waals surface area contributed by atoms with Crippen LogP contribution in [-0.2, 0) is 21.5 Å². The highest BCUT2D eigenvalue weighted by molar-refractivity contribution is 7.85. The molecule has 0 saturated carbocycles. The fourth-order valence-corrected chi connectivity index (χ4v) is 2.83. The normalized spacial score (nSPS) is 17.7. The molecule has 1 aliphatic rings. The Balaban J connectivity index is 0.000000654. The number of carbonyl (C=O) groups excluding carboxylic acids is 1. The van der Waals surface area contributed by atoms with Crippen LogP contribution in [0.1, 0.15) is 12.0 Å². The molecule has 1 aromatic carbocycles. The third-order valence-corrected chi connectivity index (χ3v) is 4.39. The lowest BCUT2D eigenvalue weighted by atomic mass is 9.93. The van der Waals surface area contributed by atoms with Crippen LogP contribution in [0.3, 0.4) is 0 Å². The fourth-order valence-electron chi connectivity index (χ4n) is 2.83. The van der Waals surface area contributed by atoms with Gasteiger partial charge in [0.05, 0.1) is 12.8 Å². The second-order valence-corrected chi connectivity index (χ2v) is 8.52. The zero-order valence-electron chi connectivity index (χ0n) is 17.1. The highest BCUT2D eigenvalue weighted by Gasteiger charge is 2.46. The number of carbonyl (C=O) groups is 1. The van der Waals surface area contributed by atoms with E-state index in [0.29, 0.717) is 17.6 Å². The van der Waals surface area contributed by atoms with Crippen molar-refractivity contribution in [1.29, 1.82) is 0 Å². The minimum Gasteiger partial charge on any atom is -0.445 e. The van der Waals surface area contributed by atoms with E-state index in [-0.39, 0.29) is 26.1 Å². The smallest absolute Gasteiger partial charge is 0.410 e. The molecule has 0 aliphatic carbocycles. The number of benzene rings is 1. The molecule has 9 nitrogen and oxygen atoms in total. The zero-order chi connectivity index (χ0) is 23.8. The molecule has 1 aromatic heterocycles. The molecule has 3 rings (SSSR count). The molecular weight excluding hydrogens is 453 g/mol. The molecule has 2 heterocycles. The summed E-state index contributed by atoms with van der Waals surface area (Å²) in [5.74, 6) is -3.90. The number of nitrogens with zero attached hydrogens (tertiary/aromatic N) is 3. The van der Waals surface area contributed by atoms with Crippen LogP contribution in [0.5, 0.6) is 0 Å². The molecule has 2 N–H and O–H groups in total. The minimum atomic E-state index is -3.67. The molecule has 2 aromatic rings. The second-order valence-electron chi connectivity index (χ2n) is 7.06. The number of likely N-dealkylation sites (tertiary alicyclic amines) is 1. The average Bonchev–Trinajstić information content (AvgIpc) is 2.71. The first-order chi connectivity index (χ1) is 14.9. The maximum Gasteiger partial charge on any atom is 0.410 e. The molecule has 1 saturated heterocycles. The van der Waals surface area contributed by atoms with Crippen molar-refractivity contribution in [1.82, 2.24) is 14.9 Å². The van der Waals surface area contributed by atoms with Crippen LogP contribution in [0.25, 0.3) is 0 Å². The van der Waals surface area contributed by atoms with Gasteiger partial charge in [0.1, 0.15) is 24.6 Å². The molecule has 1 amide bonds. The zero-order valence-corrected chi connectivity index (χ0v) is 17.9. The first-order valence-corrected chi connectivity index (χ1v) is 11.2. The first-order valence-electron chi connectivity index (χ1n) is 9.40. The quantitative estimate of drug-likeness (QED) is 0.632. The van der Waals surface area contributed by atoms with Gasteiger partial charge in [-0.2, -0.15) is 8.42 Å². The Bertz CT molecular complexity index is 970. The Hall–Kier alpha value is -2.93. The van der Waals surface area contributed by atoms with Gasteiger partial charge >= 0.3 is 6.09 Å². The second kappa shape index (κ2) is 11.1. The topological polar surface area (TPSA) is 122 Å². The van der Waals surface area contributed by atoms with E-state index in [1.807, 2.05) is 0 Å². The van der Waals surface area contributed by atoms with Gasteiger partial charge in [0, 0.05) is 25.2 Å². The van der Waals surface area contributed by atoms with E-state index in [1.165, 1.54) is 36.8 Å². The number of hydrogen-bond donors (Lipinski definition) is 2. The van der Waals surface area contributed by atoms with Crippen molar-refractivity contribution in [2.45, 2.75) is 19.0 Å². The van der Waals surface area contributed by atoms with Crippen LogP contribution in [-0.4, -0.2) is 65.7 Å². The third-order valence-electron chi connectivity index (χ3n) is 4.39. The van der Waals surface area contributed by atoms with Gasteiger partial charge in [-0.3, -0.25) is 4.55 Å². The Morgan fingerprint density at radius 3 is 2.53 bits per heavy atom. The lowest BCUT2D eigenvalue weighted by Crippen LogP contribution is -2.52. The summed E-state index contributed by atoms with van der Waals surface area (Å²) in [6.45, 7) is -0.582. The molecule has 13 heteroatoms. The van der Waals surface area contributed by atoms with Crippen molar-refractivity contribution in [3.8, 4) is 0 Å². The largest absolute Gasteiger partial charge is 0.445 e. The lowest BCUT2D eigenvalue weighted by Gasteiger charge is -2.37. The van der Waals surface area contributed by atoms with E-state index in [4.69, 9.17) is 9.29 Å². The van der Waals surface area contributed by atoms with Gasteiger partial charge in [-0.05, 0) is 30.2 Å². The van der Waals surface area contributed by atoms with Crippen molar-refractivity contribution in [2.75, 3.05) is 31.2 Å². The number of aromatic nitrogens is 2. The van der Waals surface area contributed by atoms with Gasteiger partial charge in [0.15, 0.2) is 0 Å². The van der Waals surface area contributed by atoms with Crippen molar-refractivity contribution < 1.29 is 35.7 Å². The summed E-state index contributed by atoms with van der Waals surface area (Å²) < 4.78 is 72.6. The van der Waals surface area contributed by atoms with E-state index < -0.39 is 40.4 Å². The minimum absolute atomic E-state index is 0.0441. The summed E-state index contributed by atoms with van der Waals surface area (Å²) >= 11 is 0. The number of alkyl halides is 2. The molecule has 0 bridgehead atoms. The Morgan fingerprint density at radius 2 is 1.97 bits per heavy atom. The average molecular weight is 476 g/mol. The van der Waals surface area contributed by atoms with Crippen molar-refractivity contribution >= 4 is 22.0 Å². The lowest BCUT2D eigenvalue weighted by molar-refractivity contribution is -0.101. The Labute approximate surface area is 183 Å². The van der Waals surface area contributed by atoms with E-state index in [2.05, 4.69) is 15.3 Å². The van der Waals surface area contributed by atoms with E-state index in [1.54, 1.807) is 6.07 Å². The molecule has 0 radical (unpaired) electrons. The molecule has 176 valence electrons. The van der Waals surface area contributed by atoms with Gasteiger partial charge in [-0.15, -0.1) is 0 Å². The molecule has 1 fully saturated rings. The summed E-state index contributed by atoms with van der Waals surface area (Å²) in [4.78, 5) is 20.8. The number of halogens is 3. The highest BCUT2D eigenvalue weighted by atomic mass is 32.2. The molecule has 0 unspecified atom stereocenters. The standard InChI is InChI=1S/C18H19F3N4O2.CH4O3S/c19-15-3-1-13(2-4-15)10-27-17(26)25-8-6-14(18(20,21)11-25)9-23-16-5-7-22-12-24-16;1-5(2,3)4/h1-5,7,12,14H,6,8-11H2,(H,22,23,24);1H3,(H,2,3,4)/t14-;/m1./s1. The van der Waals surface area contributed by atoms with Crippen LogP contribution in [0, 0.1) is 11.7 Å². The fraction of sp³-hybridized carbons (Fsp3) is 0.421. The number of rotatable bonds is 5. The molecular formula is C19H23F3N4O5S. The SMILES string of the molecule is CS(=O)(=O)O.O=C(OCc1ccc(F)cc1)N1CC[C@H](CNc2ccncn2)C(F)(F)C1. The molecule has 32 heavy (non-hydrogen) atoms. The van der Waals surface area contributed by atoms with Gasteiger partial charge in [0.2, 0.25) is 0 Å². The highest BCUT2D eigenvalue weighted by Crippen LogP contribution is 2.33. The summed E-state index contributed by atoms with van der Waals surface area (Å²) in [6, 6.07) is 7.03. The number of piperidine rings is 1. The first kappa shape index (κ1) is 25.3. The van der Waals surface area contributed by atoms with Crippen LogP contribution in [0.2, 0.25) is 0 Å². The maximum atomic E-state index is 14.4. The van der Waals surface area contributed by atoms with Gasteiger partial charge in [0.25, 0.3) is 16.0 Å². The number of nitrogens with one attached hydrogen (secondary N) is 1. The number of ether oxygens (including phenoxy) is 1. The maximum absolute atomic E-state index is 14.4. The Kier molecular flexibility index (Phi) is 8.78. The van der Waals surface area contributed by atoms with E-state index in [9.17, 15) is 26.4 Å². The van der Waals surface area contributed by atoms with E-state index in [0.717, 1.165) is 4.90 Å². The van der Waals surface area contributed by atoms with Crippen LogP contribution >= 0.6 is 0 Å². The van der Waals surface area contributed by atoms with Crippen molar-refractivity contribution in [3.63, 3.8) is 0 Å². The number of anilines is 1. The van der Waals surface area contributed by atoms with Crippen LogP contribution < -0.4 is 5.32 Å². The van der Waals surface area contributed by atoms with Crippen molar-refractivity contribution in [2.24, 2.45) is 5.92 Å². The summed E-state index contributed by atoms with van der Waals surface area (Å²) in [7, 11) is -3.67. The monoisotopic (exact) mass is 476 g/mol. The molecule has 0 spiro atoms. The van der Waals surface area contributed by atoms with Gasteiger partial charge in [-0.25, -0.2) is 27.9 Å². The van der Waals surface area contributed by atoms with Crippen molar-refractivity contribution in [3.05, 3.63) is 54.2 Å².